The number of carbonyl (C=O) groups excluding carboxylic acids is 1. The summed E-state index contributed by atoms with van der Waals surface area (Å²) in [6.45, 7) is -0.462. The number of urea groups is 1. The number of hydrogen-bond acceptors (Lipinski definition) is 4. The number of aromatic amines is 1. The zero-order chi connectivity index (χ0) is 12.0. The van der Waals surface area contributed by atoms with Crippen LogP contribution in [0.1, 0.15) is 5.69 Å². The largest absolute Gasteiger partial charge is 0.480 e. The highest BCUT2D eigenvalue weighted by molar-refractivity contribution is 5.82. The van der Waals surface area contributed by atoms with Crippen molar-refractivity contribution in [1.82, 2.24) is 20.6 Å². The third-order valence-corrected chi connectivity index (χ3v) is 1.78. The van der Waals surface area contributed by atoms with Crippen molar-refractivity contribution in [3.8, 4) is 0 Å². The van der Waals surface area contributed by atoms with Crippen molar-refractivity contribution >= 4 is 12.0 Å². The second-order valence-electron chi connectivity index (χ2n) is 2.98. The van der Waals surface area contributed by atoms with E-state index in [9.17, 15) is 9.59 Å². The third-order valence-electron chi connectivity index (χ3n) is 1.78. The second-order valence-corrected chi connectivity index (χ2v) is 2.98. The van der Waals surface area contributed by atoms with Crippen LogP contribution in [-0.2, 0) is 11.3 Å². The smallest absolute Gasteiger partial charge is 0.328 e. The molecule has 16 heavy (non-hydrogen) atoms. The van der Waals surface area contributed by atoms with Gasteiger partial charge in [-0.1, -0.05) is 0 Å². The van der Waals surface area contributed by atoms with Crippen molar-refractivity contribution in [3.63, 3.8) is 0 Å². The number of aliphatic hydroxyl groups excluding tert-OH is 1. The Morgan fingerprint density at radius 3 is 2.81 bits per heavy atom. The van der Waals surface area contributed by atoms with E-state index in [0.717, 1.165) is 0 Å². The number of carboxylic acid groups (broad SMARTS) is 1. The van der Waals surface area contributed by atoms with Crippen LogP contribution in [0.25, 0.3) is 0 Å². The summed E-state index contributed by atoms with van der Waals surface area (Å²) in [5.74, 6) is -1.29. The molecule has 2 amide bonds. The quantitative estimate of drug-likeness (QED) is 0.426. The summed E-state index contributed by atoms with van der Waals surface area (Å²) >= 11 is 0. The van der Waals surface area contributed by atoms with Crippen LogP contribution >= 0.6 is 0 Å². The van der Waals surface area contributed by atoms with Crippen LogP contribution in [0.4, 0.5) is 4.79 Å². The maximum Gasteiger partial charge on any atom is 0.328 e. The molecule has 0 fully saturated rings. The summed E-state index contributed by atoms with van der Waals surface area (Å²) < 4.78 is 0. The van der Waals surface area contributed by atoms with Crippen LogP contribution in [0, 0.1) is 0 Å². The zero-order valence-corrected chi connectivity index (χ0v) is 8.30. The van der Waals surface area contributed by atoms with E-state index in [2.05, 4.69) is 20.6 Å². The van der Waals surface area contributed by atoms with Crippen molar-refractivity contribution in [2.75, 3.05) is 6.61 Å². The lowest BCUT2D eigenvalue weighted by atomic mass is 10.3. The van der Waals surface area contributed by atoms with E-state index in [1.807, 2.05) is 0 Å². The number of imidazole rings is 1. The number of amides is 2. The van der Waals surface area contributed by atoms with E-state index < -0.39 is 24.6 Å². The lowest BCUT2D eigenvalue weighted by molar-refractivity contribution is -0.140. The van der Waals surface area contributed by atoms with Gasteiger partial charge >= 0.3 is 12.0 Å². The van der Waals surface area contributed by atoms with Gasteiger partial charge in [-0.15, -0.1) is 0 Å². The Hall–Kier alpha value is -2.09. The molecule has 0 aliphatic carbocycles. The van der Waals surface area contributed by atoms with Gasteiger partial charge in [0, 0.05) is 6.20 Å². The second kappa shape index (κ2) is 5.71. The molecule has 0 aromatic carbocycles. The summed E-state index contributed by atoms with van der Waals surface area (Å²) in [5, 5.41) is 21.7. The van der Waals surface area contributed by atoms with Gasteiger partial charge in [-0.2, -0.15) is 0 Å². The molecule has 88 valence electrons. The molecule has 1 aromatic rings. The molecule has 1 aromatic heterocycles. The molecule has 0 bridgehead atoms. The van der Waals surface area contributed by atoms with E-state index in [1.54, 1.807) is 0 Å². The first-order valence-electron chi connectivity index (χ1n) is 4.48. The van der Waals surface area contributed by atoms with Crippen molar-refractivity contribution in [2.24, 2.45) is 0 Å². The van der Waals surface area contributed by atoms with Crippen LogP contribution in [0.15, 0.2) is 12.5 Å². The van der Waals surface area contributed by atoms with Crippen LogP contribution in [0.3, 0.4) is 0 Å². The van der Waals surface area contributed by atoms with Crippen LogP contribution < -0.4 is 10.6 Å². The Bertz CT molecular complexity index is 351. The summed E-state index contributed by atoms with van der Waals surface area (Å²) in [4.78, 5) is 28.2. The van der Waals surface area contributed by atoms with Gasteiger partial charge in [0.2, 0.25) is 0 Å². The Balaban J connectivity index is 2.33. The number of aromatic nitrogens is 2. The fourth-order valence-corrected chi connectivity index (χ4v) is 0.952. The number of carbonyl (C=O) groups is 2. The maximum atomic E-state index is 11.2. The van der Waals surface area contributed by atoms with Gasteiger partial charge in [0.25, 0.3) is 0 Å². The molecule has 1 rings (SSSR count). The number of carboxylic acids is 1. The maximum absolute atomic E-state index is 11.2. The fraction of sp³-hybridized carbons (Fsp3) is 0.375. The highest BCUT2D eigenvalue weighted by Crippen LogP contribution is 1.89. The Morgan fingerprint density at radius 1 is 1.56 bits per heavy atom. The predicted molar refractivity (Wildman–Crippen MR) is 52.5 cm³/mol. The molecule has 1 atom stereocenters. The first-order chi connectivity index (χ1) is 7.63. The van der Waals surface area contributed by atoms with E-state index in [1.165, 1.54) is 12.5 Å². The molecule has 8 heteroatoms. The molecule has 5 N–H and O–H groups in total. The number of aliphatic hydroxyl groups is 1. The molecule has 0 spiro atoms. The minimum Gasteiger partial charge on any atom is -0.480 e. The molecule has 1 heterocycles. The Labute approximate surface area is 90.7 Å². The van der Waals surface area contributed by atoms with E-state index >= 15 is 0 Å². The Kier molecular flexibility index (Phi) is 4.28. The SMILES string of the molecule is O=C(NCc1cnc[nH]1)N[C@H](CO)C(=O)O. The molecule has 0 unspecified atom stereocenters. The lowest BCUT2D eigenvalue weighted by Crippen LogP contribution is -2.47. The lowest BCUT2D eigenvalue weighted by Gasteiger charge is -2.11. The number of hydrogen-bond donors (Lipinski definition) is 5. The van der Waals surface area contributed by atoms with Gasteiger partial charge in [0.05, 0.1) is 25.2 Å². The Morgan fingerprint density at radius 2 is 2.31 bits per heavy atom. The third kappa shape index (κ3) is 3.58. The number of rotatable bonds is 5. The van der Waals surface area contributed by atoms with Gasteiger partial charge in [0.1, 0.15) is 0 Å². The minimum atomic E-state index is -1.30. The van der Waals surface area contributed by atoms with Gasteiger partial charge in [-0.05, 0) is 0 Å². The normalized spacial score (nSPS) is 11.8. The van der Waals surface area contributed by atoms with Gasteiger partial charge in [0.15, 0.2) is 6.04 Å². The first kappa shape index (κ1) is 12.0. The summed E-state index contributed by atoms with van der Waals surface area (Å²) in [6, 6.07) is -1.97. The molecule has 0 saturated carbocycles. The van der Waals surface area contributed by atoms with Gasteiger partial charge in [-0.25, -0.2) is 14.6 Å². The van der Waals surface area contributed by atoms with Gasteiger partial charge < -0.3 is 25.8 Å². The van der Waals surface area contributed by atoms with Crippen molar-refractivity contribution in [1.29, 1.82) is 0 Å². The molecular weight excluding hydrogens is 216 g/mol. The van der Waals surface area contributed by atoms with Crippen LogP contribution in [0.2, 0.25) is 0 Å². The van der Waals surface area contributed by atoms with E-state index in [4.69, 9.17) is 10.2 Å². The fourth-order valence-electron chi connectivity index (χ4n) is 0.952. The van der Waals surface area contributed by atoms with Crippen molar-refractivity contribution < 1.29 is 19.8 Å². The van der Waals surface area contributed by atoms with E-state index in [0.29, 0.717) is 5.69 Å². The number of nitrogens with one attached hydrogen (secondary N) is 3. The number of H-pyrrole nitrogens is 1. The first-order valence-corrected chi connectivity index (χ1v) is 4.48. The highest BCUT2D eigenvalue weighted by Gasteiger charge is 2.18. The summed E-state index contributed by atoms with van der Waals surface area (Å²) in [7, 11) is 0. The van der Waals surface area contributed by atoms with Crippen LogP contribution in [0.5, 0.6) is 0 Å². The van der Waals surface area contributed by atoms with Gasteiger partial charge in [-0.3, -0.25) is 0 Å². The highest BCUT2D eigenvalue weighted by atomic mass is 16.4. The monoisotopic (exact) mass is 228 g/mol. The average Bonchev–Trinajstić information content (AvgIpc) is 2.75. The molecule has 8 nitrogen and oxygen atoms in total. The topological polar surface area (TPSA) is 127 Å². The average molecular weight is 228 g/mol. The van der Waals surface area contributed by atoms with E-state index in [-0.39, 0.29) is 6.54 Å². The zero-order valence-electron chi connectivity index (χ0n) is 8.30. The molecule has 0 aliphatic heterocycles. The van der Waals surface area contributed by atoms with Crippen molar-refractivity contribution in [2.45, 2.75) is 12.6 Å². The summed E-state index contributed by atoms with van der Waals surface area (Å²) in [5.41, 5.74) is 0.686. The van der Waals surface area contributed by atoms with Crippen molar-refractivity contribution in [3.05, 3.63) is 18.2 Å². The minimum absolute atomic E-state index is 0.198. The number of nitrogens with zero attached hydrogens (tertiary/aromatic N) is 1. The molecule has 0 radical (unpaired) electrons. The summed E-state index contributed by atoms with van der Waals surface area (Å²) in [6.07, 6.45) is 2.99. The van der Waals surface area contributed by atoms with Crippen LogP contribution in [-0.4, -0.2) is 44.8 Å². The molecular formula is C8H12N4O4. The standard InChI is InChI=1S/C8H12N4O4/c13-3-6(7(14)15)12-8(16)10-2-5-1-9-4-11-5/h1,4,6,13H,2-3H2,(H,9,11)(H,14,15)(H2,10,12,16)/t6-/m1/s1. The number of aliphatic carboxylic acids is 1. The predicted octanol–water partition coefficient (Wildman–Crippen LogP) is -1.35. The molecule has 0 aliphatic rings. The molecule has 0 saturated heterocycles.